The molecule has 138 valence electrons. The zero-order valence-corrected chi connectivity index (χ0v) is 13.2. The maximum Gasteiger partial charge on any atom is 0.451 e. The van der Waals surface area contributed by atoms with Gasteiger partial charge >= 0.3 is 12.3 Å². The fourth-order valence-electron chi connectivity index (χ4n) is 2.87. The first-order valence-electron chi connectivity index (χ1n) is 7.70. The molecule has 0 radical (unpaired) electrons. The molecular formula is C13H17F3N6O3. The number of hydrogen-bond donors (Lipinski definition) is 1. The van der Waals surface area contributed by atoms with Crippen molar-refractivity contribution in [1.29, 1.82) is 0 Å². The first-order chi connectivity index (χ1) is 11.8. The molecule has 0 bridgehead atoms. The number of aromatic nitrogens is 3. The first kappa shape index (κ1) is 17.5. The number of ether oxygens (including phenoxy) is 1. The molecule has 1 atom stereocenters. The summed E-state index contributed by atoms with van der Waals surface area (Å²) < 4.78 is 44.2. The Kier molecular flexibility index (Phi) is 4.54. The average Bonchev–Trinajstić information content (AvgIpc) is 3.12. The van der Waals surface area contributed by atoms with E-state index in [-0.39, 0.29) is 44.3 Å². The molecule has 2 aliphatic rings. The zero-order chi connectivity index (χ0) is 18.2. The number of hydrogen-bond acceptors (Lipinski definition) is 6. The molecule has 25 heavy (non-hydrogen) atoms. The third-order valence-electron chi connectivity index (χ3n) is 4.10. The highest BCUT2D eigenvalue weighted by Gasteiger charge is 2.40. The van der Waals surface area contributed by atoms with Gasteiger partial charge in [0.25, 0.3) is 0 Å². The molecule has 0 aromatic carbocycles. The Morgan fingerprint density at radius 2 is 2.04 bits per heavy atom. The number of carbonyl (C=O) groups excluding carboxylic acids is 2. The van der Waals surface area contributed by atoms with Crippen molar-refractivity contribution in [1.82, 2.24) is 24.6 Å². The molecule has 0 aliphatic carbocycles. The van der Waals surface area contributed by atoms with Gasteiger partial charge in [0.2, 0.25) is 11.7 Å². The van der Waals surface area contributed by atoms with Crippen molar-refractivity contribution < 1.29 is 27.5 Å². The predicted octanol–water partition coefficient (Wildman–Crippen LogP) is -0.191. The summed E-state index contributed by atoms with van der Waals surface area (Å²) in [4.78, 5) is 26.5. The maximum absolute atomic E-state index is 12.8. The SMILES string of the molecule is N[C@@H](CC(=O)N1CCn2c(nnc2C(F)(F)F)C1)CN1CCOC1=O. The molecule has 3 heterocycles. The van der Waals surface area contributed by atoms with Crippen LogP contribution in [0.3, 0.4) is 0 Å². The molecule has 0 unspecified atom stereocenters. The van der Waals surface area contributed by atoms with E-state index in [0.717, 1.165) is 4.57 Å². The van der Waals surface area contributed by atoms with Crippen LogP contribution < -0.4 is 5.73 Å². The highest BCUT2D eigenvalue weighted by Crippen LogP contribution is 2.29. The Morgan fingerprint density at radius 3 is 2.68 bits per heavy atom. The van der Waals surface area contributed by atoms with E-state index in [1.54, 1.807) is 0 Å². The van der Waals surface area contributed by atoms with Gasteiger partial charge in [-0.2, -0.15) is 13.2 Å². The second-order valence-electron chi connectivity index (χ2n) is 5.93. The Balaban J connectivity index is 1.57. The van der Waals surface area contributed by atoms with Crippen LogP contribution in [0.2, 0.25) is 0 Å². The molecule has 12 heteroatoms. The number of fused-ring (bicyclic) bond motifs is 1. The van der Waals surface area contributed by atoms with Crippen molar-refractivity contribution in [2.24, 2.45) is 5.73 Å². The summed E-state index contributed by atoms with van der Waals surface area (Å²) in [7, 11) is 0. The van der Waals surface area contributed by atoms with Crippen LogP contribution in [0.4, 0.5) is 18.0 Å². The maximum atomic E-state index is 12.8. The lowest BCUT2D eigenvalue weighted by atomic mass is 10.1. The van der Waals surface area contributed by atoms with Gasteiger partial charge in [0.1, 0.15) is 6.61 Å². The number of nitrogens with two attached hydrogens (primary N) is 1. The van der Waals surface area contributed by atoms with E-state index in [9.17, 15) is 22.8 Å². The largest absolute Gasteiger partial charge is 0.451 e. The number of amides is 2. The average molecular weight is 362 g/mol. The first-order valence-corrected chi connectivity index (χ1v) is 7.70. The van der Waals surface area contributed by atoms with E-state index < -0.39 is 24.1 Å². The van der Waals surface area contributed by atoms with Gasteiger partial charge in [0.15, 0.2) is 5.82 Å². The molecule has 1 aromatic heterocycles. The van der Waals surface area contributed by atoms with Gasteiger partial charge in [0.05, 0.1) is 13.1 Å². The molecule has 9 nitrogen and oxygen atoms in total. The Labute approximate surface area is 140 Å². The van der Waals surface area contributed by atoms with Crippen molar-refractivity contribution in [3.63, 3.8) is 0 Å². The highest BCUT2D eigenvalue weighted by atomic mass is 19.4. The fourth-order valence-corrected chi connectivity index (χ4v) is 2.87. The number of nitrogens with zero attached hydrogens (tertiary/aromatic N) is 5. The molecule has 2 N–H and O–H groups in total. The van der Waals surface area contributed by atoms with E-state index in [0.29, 0.717) is 13.2 Å². The van der Waals surface area contributed by atoms with E-state index in [2.05, 4.69) is 10.2 Å². The van der Waals surface area contributed by atoms with Gasteiger partial charge in [0, 0.05) is 32.1 Å². The standard InChI is InChI=1S/C13H17F3N6O3/c14-13(15,16)11-19-18-9-7-20(1-2-22(9)11)10(23)5-8(17)6-21-3-4-25-12(21)24/h8H,1-7,17H2/t8-/m0/s1. The summed E-state index contributed by atoms with van der Waals surface area (Å²) in [6, 6.07) is -0.580. The van der Waals surface area contributed by atoms with Crippen LogP contribution in [-0.2, 0) is 28.8 Å². The smallest absolute Gasteiger partial charge is 0.448 e. The van der Waals surface area contributed by atoms with Crippen molar-refractivity contribution >= 4 is 12.0 Å². The quantitative estimate of drug-likeness (QED) is 0.796. The lowest BCUT2D eigenvalue weighted by molar-refractivity contribution is -0.148. The second-order valence-corrected chi connectivity index (χ2v) is 5.93. The Morgan fingerprint density at radius 1 is 1.28 bits per heavy atom. The van der Waals surface area contributed by atoms with Crippen LogP contribution in [0.15, 0.2) is 0 Å². The van der Waals surface area contributed by atoms with E-state index >= 15 is 0 Å². The molecule has 1 fully saturated rings. The van der Waals surface area contributed by atoms with Crippen LogP contribution in [-0.4, -0.2) is 68.8 Å². The number of cyclic esters (lactones) is 1. The lowest BCUT2D eigenvalue weighted by Gasteiger charge is -2.29. The monoisotopic (exact) mass is 362 g/mol. The summed E-state index contributed by atoms with van der Waals surface area (Å²) in [6.07, 6.45) is -5.07. The third-order valence-corrected chi connectivity index (χ3v) is 4.10. The van der Waals surface area contributed by atoms with Crippen molar-refractivity contribution in [3.05, 3.63) is 11.6 Å². The number of rotatable bonds is 4. The Hall–Kier alpha value is -2.37. The van der Waals surface area contributed by atoms with E-state index in [1.807, 2.05) is 0 Å². The summed E-state index contributed by atoms with van der Waals surface area (Å²) >= 11 is 0. The van der Waals surface area contributed by atoms with E-state index in [4.69, 9.17) is 10.5 Å². The van der Waals surface area contributed by atoms with Gasteiger partial charge in [-0.1, -0.05) is 0 Å². The van der Waals surface area contributed by atoms with Crippen molar-refractivity contribution in [2.75, 3.05) is 26.2 Å². The minimum atomic E-state index is -4.58. The molecule has 3 rings (SSSR count). The third kappa shape index (κ3) is 3.67. The van der Waals surface area contributed by atoms with Crippen LogP contribution in [0.5, 0.6) is 0 Å². The van der Waals surface area contributed by atoms with E-state index in [1.165, 1.54) is 9.80 Å². The highest BCUT2D eigenvalue weighted by molar-refractivity contribution is 5.77. The lowest BCUT2D eigenvalue weighted by Crippen LogP contribution is -2.44. The van der Waals surface area contributed by atoms with Gasteiger partial charge in [-0.3, -0.25) is 4.79 Å². The Bertz CT molecular complexity index is 676. The molecule has 1 aromatic rings. The molecule has 0 saturated carbocycles. The number of halogens is 3. The molecule has 2 amide bonds. The predicted molar refractivity (Wildman–Crippen MR) is 76.0 cm³/mol. The summed E-state index contributed by atoms with van der Waals surface area (Å²) in [5.74, 6) is -1.27. The van der Waals surface area contributed by atoms with Crippen LogP contribution >= 0.6 is 0 Å². The van der Waals surface area contributed by atoms with Gasteiger partial charge in [-0.15, -0.1) is 10.2 Å². The molecular weight excluding hydrogens is 345 g/mol. The summed E-state index contributed by atoms with van der Waals surface area (Å²) in [6.45, 7) is 0.936. The van der Waals surface area contributed by atoms with Crippen LogP contribution in [0, 0.1) is 0 Å². The molecule has 1 saturated heterocycles. The second kappa shape index (κ2) is 6.50. The van der Waals surface area contributed by atoms with Gasteiger partial charge in [-0.05, 0) is 0 Å². The molecule has 2 aliphatic heterocycles. The van der Waals surface area contributed by atoms with Crippen LogP contribution in [0.1, 0.15) is 18.1 Å². The van der Waals surface area contributed by atoms with Gasteiger partial charge < -0.3 is 24.8 Å². The normalized spacial score (nSPS) is 19.0. The fraction of sp³-hybridized carbons (Fsp3) is 0.692. The van der Waals surface area contributed by atoms with Gasteiger partial charge in [-0.25, -0.2) is 4.79 Å². The summed E-state index contributed by atoms with van der Waals surface area (Å²) in [5.41, 5.74) is 5.90. The van der Waals surface area contributed by atoms with Crippen molar-refractivity contribution in [3.8, 4) is 0 Å². The summed E-state index contributed by atoms with van der Waals surface area (Å²) in [5, 5.41) is 6.69. The number of carbonyl (C=O) groups is 2. The topological polar surface area (TPSA) is 107 Å². The van der Waals surface area contributed by atoms with Crippen LogP contribution in [0.25, 0.3) is 0 Å². The minimum absolute atomic E-state index is 0.0238. The molecule has 0 spiro atoms. The number of alkyl halides is 3. The minimum Gasteiger partial charge on any atom is -0.448 e. The zero-order valence-electron chi connectivity index (χ0n) is 13.2. The van der Waals surface area contributed by atoms with Crippen molar-refractivity contribution in [2.45, 2.75) is 31.7 Å².